The zero-order valence-corrected chi connectivity index (χ0v) is 10.3. The molecule has 15 heavy (non-hydrogen) atoms. The van der Waals surface area contributed by atoms with Gasteiger partial charge in [0.15, 0.2) is 0 Å². The summed E-state index contributed by atoms with van der Waals surface area (Å²) in [7, 11) is 0. The third-order valence-corrected chi connectivity index (χ3v) is 2.38. The SMILES string of the molecule is C/C=C/C(CCCCC)CC(=O)OCC. The maximum atomic E-state index is 11.3. The first kappa shape index (κ1) is 14.2. The Balaban J connectivity index is 3.87. The van der Waals surface area contributed by atoms with Gasteiger partial charge in [-0.1, -0.05) is 38.3 Å². The lowest BCUT2D eigenvalue weighted by molar-refractivity contribution is -0.143. The van der Waals surface area contributed by atoms with E-state index in [2.05, 4.69) is 13.0 Å². The van der Waals surface area contributed by atoms with Gasteiger partial charge in [-0.2, -0.15) is 0 Å². The molecule has 0 aromatic rings. The highest BCUT2D eigenvalue weighted by Gasteiger charge is 2.11. The summed E-state index contributed by atoms with van der Waals surface area (Å²) in [5, 5.41) is 0. The second-order valence-electron chi connectivity index (χ2n) is 3.79. The minimum absolute atomic E-state index is 0.0721. The van der Waals surface area contributed by atoms with Crippen molar-refractivity contribution in [2.45, 2.75) is 52.9 Å². The van der Waals surface area contributed by atoms with Crippen molar-refractivity contribution in [2.24, 2.45) is 5.92 Å². The van der Waals surface area contributed by atoms with Crippen LogP contribution in [0, 0.1) is 5.92 Å². The molecular formula is C13H24O2. The van der Waals surface area contributed by atoms with Crippen LogP contribution in [0.15, 0.2) is 12.2 Å². The van der Waals surface area contributed by atoms with E-state index in [4.69, 9.17) is 4.74 Å². The quantitative estimate of drug-likeness (QED) is 0.348. The molecule has 1 unspecified atom stereocenters. The highest BCUT2D eigenvalue weighted by Crippen LogP contribution is 2.16. The maximum Gasteiger partial charge on any atom is 0.306 e. The summed E-state index contributed by atoms with van der Waals surface area (Å²) >= 11 is 0. The monoisotopic (exact) mass is 212 g/mol. The van der Waals surface area contributed by atoms with Gasteiger partial charge < -0.3 is 4.74 Å². The number of unbranched alkanes of at least 4 members (excludes halogenated alkanes) is 2. The second-order valence-corrected chi connectivity index (χ2v) is 3.79. The van der Waals surface area contributed by atoms with Crippen molar-refractivity contribution in [3.63, 3.8) is 0 Å². The van der Waals surface area contributed by atoms with Gasteiger partial charge >= 0.3 is 5.97 Å². The molecule has 0 aromatic heterocycles. The zero-order valence-electron chi connectivity index (χ0n) is 10.3. The van der Waals surface area contributed by atoms with E-state index < -0.39 is 0 Å². The van der Waals surface area contributed by atoms with Crippen LogP contribution in [-0.2, 0) is 9.53 Å². The van der Waals surface area contributed by atoms with E-state index in [0.29, 0.717) is 18.9 Å². The lowest BCUT2D eigenvalue weighted by Gasteiger charge is -2.11. The van der Waals surface area contributed by atoms with E-state index in [-0.39, 0.29) is 5.97 Å². The third kappa shape index (κ3) is 8.22. The molecule has 0 saturated heterocycles. The van der Waals surface area contributed by atoms with Crippen molar-refractivity contribution in [1.29, 1.82) is 0 Å². The molecule has 2 nitrogen and oxygen atoms in total. The van der Waals surface area contributed by atoms with Crippen LogP contribution >= 0.6 is 0 Å². The van der Waals surface area contributed by atoms with Crippen LogP contribution in [0.2, 0.25) is 0 Å². The number of hydrogen-bond acceptors (Lipinski definition) is 2. The molecule has 0 bridgehead atoms. The van der Waals surface area contributed by atoms with Crippen molar-refractivity contribution in [1.82, 2.24) is 0 Å². The average Bonchev–Trinajstić information content (AvgIpc) is 2.18. The zero-order chi connectivity index (χ0) is 11.5. The predicted octanol–water partition coefficient (Wildman–Crippen LogP) is 3.71. The largest absolute Gasteiger partial charge is 0.466 e. The van der Waals surface area contributed by atoms with E-state index in [1.807, 2.05) is 19.9 Å². The Hall–Kier alpha value is -0.790. The van der Waals surface area contributed by atoms with Gasteiger partial charge in [0.2, 0.25) is 0 Å². The topological polar surface area (TPSA) is 26.3 Å². The summed E-state index contributed by atoms with van der Waals surface area (Å²) < 4.78 is 4.95. The van der Waals surface area contributed by atoms with Crippen molar-refractivity contribution in [2.75, 3.05) is 6.61 Å². The fourth-order valence-electron chi connectivity index (χ4n) is 1.63. The average molecular weight is 212 g/mol. The molecule has 0 aliphatic rings. The van der Waals surface area contributed by atoms with Crippen molar-refractivity contribution in [3.8, 4) is 0 Å². The molecule has 0 spiro atoms. The molecule has 0 aliphatic heterocycles. The number of esters is 1. The Bertz CT molecular complexity index is 185. The molecule has 0 aromatic carbocycles. The van der Waals surface area contributed by atoms with Gasteiger partial charge in [-0.25, -0.2) is 0 Å². The van der Waals surface area contributed by atoms with Crippen LogP contribution in [0.4, 0.5) is 0 Å². The summed E-state index contributed by atoms with van der Waals surface area (Å²) in [5.41, 5.74) is 0. The fraction of sp³-hybridized carbons (Fsp3) is 0.769. The van der Waals surface area contributed by atoms with E-state index in [9.17, 15) is 4.79 Å². The summed E-state index contributed by atoms with van der Waals surface area (Å²) in [6.45, 7) is 6.52. The Morgan fingerprint density at radius 2 is 2.07 bits per heavy atom. The van der Waals surface area contributed by atoms with Gasteiger partial charge in [0.05, 0.1) is 13.0 Å². The van der Waals surface area contributed by atoms with Crippen LogP contribution < -0.4 is 0 Å². The molecule has 0 fully saturated rings. The minimum atomic E-state index is -0.0721. The Kier molecular flexibility index (Phi) is 9.24. The number of rotatable bonds is 8. The molecule has 1 atom stereocenters. The van der Waals surface area contributed by atoms with E-state index in [0.717, 1.165) is 6.42 Å². The van der Waals surface area contributed by atoms with Gasteiger partial charge in [0.1, 0.15) is 0 Å². The third-order valence-electron chi connectivity index (χ3n) is 2.38. The number of allylic oxidation sites excluding steroid dienone is 2. The maximum absolute atomic E-state index is 11.3. The first-order chi connectivity index (χ1) is 7.24. The predicted molar refractivity (Wildman–Crippen MR) is 63.7 cm³/mol. The molecule has 0 N–H and O–H groups in total. The van der Waals surface area contributed by atoms with Gasteiger partial charge in [-0.15, -0.1) is 0 Å². The number of hydrogen-bond donors (Lipinski definition) is 0. The molecule has 0 saturated carbocycles. The summed E-state index contributed by atoms with van der Waals surface area (Å²) in [6, 6.07) is 0. The van der Waals surface area contributed by atoms with Crippen LogP contribution in [0.3, 0.4) is 0 Å². The number of ether oxygens (including phenoxy) is 1. The van der Waals surface area contributed by atoms with Crippen molar-refractivity contribution in [3.05, 3.63) is 12.2 Å². The molecule has 2 heteroatoms. The lowest BCUT2D eigenvalue weighted by Crippen LogP contribution is -2.10. The fourth-order valence-corrected chi connectivity index (χ4v) is 1.63. The van der Waals surface area contributed by atoms with Crippen LogP contribution in [0.1, 0.15) is 52.9 Å². The van der Waals surface area contributed by atoms with Crippen molar-refractivity contribution >= 4 is 5.97 Å². The van der Waals surface area contributed by atoms with Crippen LogP contribution in [-0.4, -0.2) is 12.6 Å². The minimum Gasteiger partial charge on any atom is -0.466 e. The summed E-state index contributed by atoms with van der Waals surface area (Å²) in [5.74, 6) is 0.290. The van der Waals surface area contributed by atoms with Crippen LogP contribution in [0.25, 0.3) is 0 Å². The van der Waals surface area contributed by atoms with E-state index >= 15 is 0 Å². The Morgan fingerprint density at radius 1 is 1.33 bits per heavy atom. The molecule has 0 heterocycles. The molecule has 0 radical (unpaired) electrons. The van der Waals surface area contributed by atoms with Crippen LogP contribution in [0.5, 0.6) is 0 Å². The molecule has 0 amide bonds. The van der Waals surface area contributed by atoms with Gasteiger partial charge in [-0.05, 0) is 26.2 Å². The summed E-state index contributed by atoms with van der Waals surface area (Å²) in [6.07, 6.45) is 9.44. The highest BCUT2D eigenvalue weighted by atomic mass is 16.5. The first-order valence-electron chi connectivity index (χ1n) is 6.03. The van der Waals surface area contributed by atoms with Crippen molar-refractivity contribution < 1.29 is 9.53 Å². The Labute approximate surface area is 93.7 Å². The molecule has 0 rings (SSSR count). The smallest absolute Gasteiger partial charge is 0.306 e. The van der Waals surface area contributed by atoms with E-state index in [1.165, 1.54) is 19.3 Å². The highest BCUT2D eigenvalue weighted by molar-refractivity contribution is 5.69. The Morgan fingerprint density at radius 3 is 2.60 bits per heavy atom. The van der Waals surface area contributed by atoms with E-state index in [1.54, 1.807) is 0 Å². The lowest BCUT2D eigenvalue weighted by atomic mass is 9.97. The van der Waals surface area contributed by atoms with Gasteiger partial charge in [-0.3, -0.25) is 4.79 Å². The van der Waals surface area contributed by atoms with Gasteiger partial charge in [0.25, 0.3) is 0 Å². The molecular weight excluding hydrogens is 188 g/mol. The molecule has 88 valence electrons. The van der Waals surface area contributed by atoms with Gasteiger partial charge in [0, 0.05) is 0 Å². The summed E-state index contributed by atoms with van der Waals surface area (Å²) in [4.78, 5) is 11.3. The normalized spacial score (nSPS) is 13.0. The standard InChI is InChI=1S/C13H24O2/c1-4-7-8-10-12(9-5-2)11-13(14)15-6-3/h5,9,12H,4,6-8,10-11H2,1-3H3/b9-5+. The first-order valence-corrected chi connectivity index (χ1v) is 6.03. The number of carbonyl (C=O) groups is 1. The number of carbonyl (C=O) groups excluding carboxylic acids is 1. The molecule has 0 aliphatic carbocycles. The second kappa shape index (κ2) is 9.75.